The fourth-order valence-corrected chi connectivity index (χ4v) is 7.79. The first-order chi connectivity index (χ1) is 21.9. The van der Waals surface area contributed by atoms with Crippen molar-refractivity contribution < 1.29 is 37.0 Å². The number of fused-ring (bicyclic) bond motifs is 2. The SMILES string of the molecule is COc1nc(Cl)nc2c1ncn2[C@@H]1OC2(C)[C@H](COP(=O)(N[C@@H](C)C(=O)OC(C)C)Oc3ccccc3)C2(Cc2nn[nH]n2)C1F. The van der Waals surface area contributed by atoms with E-state index in [9.17, 15) is 9.36 Å². The summed E-state index contributed by atoms with van der Waals surface area (Å²) in [7, 11) is -2.84. The van der Waals surface area contributed by atoms with Gasteiger partial charge in [-0.05, 0) is 51.4 Å². The molecule has 4 unspecified atom stereocenters. The van der Waals surface area contributed by atoms with Crippen LogP contribution in [0.5, 0.6) is 11.6 Å². The maximum absolute atomic E-state index is 16.9. The van der Waals surface area contributed by atoms with Gasteiger partial charge in [-0.1, -0.05) is 23.4 Å². The third-order valence-electron chi connectivity index (χ3n) is 8.34. The molecule has 246 valence electrons. The molecule has 4 aromatic rings. The molecule has 6 rings (SSSR count). The van der Waals surface area contributed by atoms with Crippen molar-refractivity contribution in [2.45, 2.75) is 64.3 Å². The number of halogens is 2. The standard InChI is InChI=1S/C27H32ClFN9O7P/c1-14(2)43-24(39)15(3)35-46(40,45-16-9-7-6-8-10-16)42-12-17-26(4)27(17,11-18-33-36-37-34-18)20(29)23(44-26)38-13-30-19-21(38)31-25(28)32-22(19)41-5/h6-10,13-15,17,20,23H,11-12H2,1-5H3,(H,35,40)(H,33,34,36,37)/t15-,17-,20?,23+,26?,27?,46?/m0/s1. The molecule has 0 bridgehead atoms. The number of nitrogens with zero attached hydrogens (tertiary/aromatic N) is 7. The molecule has 2 N–H and O–H groups in total. The molecule has 2 aliphatic rings. The Morgan fingerprint density at radius 1 is 1.26 bits per heavy atom. The van der Waals surface area contributed by atoms with E-state index in [0.717, 1.165) is 0 Å². The zero-order valence-corrected chi connectivity index (χ0v) is 27.1. The number of hydrogen-bond acceptors (Lipinski definition) is 13. The largest absolute Gasteiger partial charge is 0.479 e. The van der Waals surface area contributed by atoms with Crippen LogP contribution in [0.1, 0.15) is 39.7 Å². The zero-order chi connectivity index (χ0) is 32.9. The van der Waals surface area contributed by atoms with Gasteiger partial charge in [0.25, 0.3) is 0 Å². The van der Waals surface area contributed by atoms with E-state index in [2.05, 4.69) is 40.7 Å². The van der Waals surface area contributed by atoms with Crippen molar-refractivity contribution in [2.75, 3.05) is 13.7 Å². The molecule has 1 aromatic carbocycles. The average Bonchev–Trinajstić information content (AvgIpc) is 3.50. The van der Waals surface area contributed by atoms with E-state index >= 15 is 4.39 Å². The van der Waals surface area contributed by atoms with E-state index < -0.39 is 55.2 Å². The van der Waals surface area contributed by atoms with Crippen molar-refractivity contribution in [2.24, 2.45) is 11.3 Å². The molecular formula is C27H32ClFN9O7P. The highest BCUT2D eigenvalue weighted by atomic mass is 35.5. The highest BCUT2D eigenvalue weighted by Crippen LogP contribution is 2.75. The van der Waals surface area contributed by atoms with E-state index in [1.54, 1.807) is 51.1 Å². The molecule has 1 aliphatic carbocycles. The fraction of sp³-hybridized carbons (Fsp3) is 0.519. The van der Waals surface area contributed by atoms with E-state index in [4.69, 9.17) is 34.9 Å². The minimum atomic E-state index is -4.25. The molecule has 4 heterocycles. The maximum atomic E-state index is 16.9. The first-order valence-electron chi connectivity index (χ1n) is 14.4. The van der Waals surface area contributed by atoms with Gasteiger partial charge in [-0.25, -0.2) is 13.9 Å². The lowest BCUT2D eigenvalue weighted by atomic mass is 9.91. The summed E-state index contributed by atoms with van der Waals surface area (Å²) in [4.78, 5) is 25.1. The average molecular weight is 680 g/mol. The second-order valence-corrected chi connectivity index (χ2v) is 13.5. The summed E-state index contributed by atoms with van der Waals surface area (Å²) in [5.74, 6) is -0.717. The summed E-state index contributed by atoms with van der Waals surface area (Å²) in [5.41, 5.74) is -1.95. The fourth-order valence-electron chi connectivity index (χ4n) is 6.13. The summed E-state index contributed by atoms with van der Waals surface area (Å²) < 4.78 is 61.2. The number of H-pyrrole nitrogens is 1. The van der Waals surface area contributed by atoms with Crippen LogP contribution in [0, 0.1) is 11.3 Å². The summed E-state index contributed by atoms with van der Waals surface area (Å²) >= 11 is 6.11. The Morgan fingerprint density at radius 2 is 2.02 bits per heavy atom. The normalized spacial score (nSPS) is 27.3. The van der Waals surface area contributed by atoms with Crippen molar-refractivity contribution in [3.63, 3.8) is 0 Å². The number of ether oxygens (including phenoxy) is 3. The Kier molecular flexibility index (Phi) is 8.48. The number of rotatable bonds is 13. The van der Waals surface area contributed by atoms with Gasteiger partial charge in [0, 0.05) is 12.3 Å². The number of aromatic nitrogens is 8. The number of benzene rings is 1. The second-order valence-electron chi connectivity index (χ2n) is 11.5. The van der Waals surface area contributed by atoms with Gasteiger partial charge in [-0.3, -0.25) is 13.9 Å². The van der Waals surface area contributed by atoms with Crippen molar-refractivity contribution in [1.29, 1.82) is 0 Å². The third-order valence-corrected chi connectivity index (χ3v) is 10.2. The molecule has 2 fully saturated rings. The molecule has 0 spiro atoms. The van der Waals surface area contributed by atoms with Gasteiger partial charge >= 0.3 is 13.7 Å². The number of methoxy groups -OCH3 is 1. The Morgan fingerprint density at radius 3 is 2.70 bits per heavy atom. The molecule has 7 atom stereocenters. The van der Waals surface area contributed by atoms with E-state index in [1.807, 2.05) is 0 Å². The topological polar surface area (TPSA) is 190 Å². The van der Waals surface area contributed by atoms with Crippen molar-refractivity contribution in [3.05, 3.63) is 47.8 Å². The van der Waals surface area contributed by atoms with Crippen LogP contribution in [-0.2, 0) is 29.8 Å². The van der Waals surface area contributed by atoms with Crippen molar-refractivity contribution in [1.82, 2.24) is 45.2 Å². The summed E-state index contributed by atoms with van der Waals surface area (Å²) in [5, 5.41) is 16.6. The Labute approximate surface area is 267 Å². The number of hydrogen-bond donors (Lipinski definition) is 2. The lowest BCUT2D eigenvalue weighted by Crippen LogP contribution is -2.36. The monoisotopic (exact) mass is 679 g/mol. The molecule has 1 saturated carbocycles. The van der Waals surface area contributed by atoms with Gasteiger partial charge in [-0.15, -0.1) is 10.2 Å². The van der Waals surface area contributed by atoms with Crippen LogP contribution in [0.3, 0.4) is 0 Å². The zero-order valence-electron chi connectivity index (χ0n) is 25.5. The number of tetrazole rings is 1. The van der Waals surface area contributed by atoms with Crippen LogP contribution in [-0.4, -0.2) is 83.7 Å². The quantitative estimate of drug-likeness (QED) is 0.118. The van der Waals surface area contributed by atoms with Gasteiger partial charge in [-0.2, -0.15) is 20.3 Å². The minimum Gasteiger partial charge on any atom is -0.479 e. The highest BCUT2D eigenvalue weighted by molar-refractivity contribution is 7.52. The highest BCUT2D eigenvalue weighted by Gasteiger charge is 2.85. The summed E-state index contributed by atoms with van der Waals surface area (Å²) in [6.07, 6.45) is -1.90. The molecule has 0 amide bonds. The van der Waals surface area contributed by atoms with Gasteiger partial charge in [0.05, 0.1) is 37.2 Å². The number of alkyl halides is 1. The number of para-hydroxylation sites is 1. The molecular weight excluding hydrogens is 648 g/mol. The van der Waals surface area contributed by atoms with Gasteiger partial charge in [0.2, 0.25) is 11.2 Å². The van der Waals surface area contributed by atoms with E-state index in [1.165, 1.54) is 24.9 Å². The van der Waals surface area contributed by atoms with Crippen LogP contribution < -0.4 is 14.3 Å². The van der Waals surface area contributed by atoms with Crippen molar-refractivity contribution >= 4 is 36.5 Å². The Hall–Kier alpha value is -3.76. The summed E-state index contributed by atoms with van der Waals surface area (Å²) in [6.45, 7) is 6.32. The number of nitrogens with one attached hydrogen (secondary N) is 2. The number of carbonyl (C=O) groups excluding carboxylic acids is 1. The Bertz CT molecular complexity index is 1770. The van der Waals surface area contributed by atoms with Crippen LogP contribution >= 0.6 is 19.3 Å². The maximum Gasteiger partial charge on any atom is 0.459 e. The minimum absolute atomic E-state index is 0.00573. The number of carbonyl (C=O) groups is 1. The van der Waals surface area contributed by atoms with Gasteiger partial charge in [0.1, 0.15) is 11.8 Å². The lowest BCUT2D eigenvalue weighted by Gasteiger charge is -2.26. The predicted molar refractivity (Wildman–Crippen MR) is 159 cm³/mol. The smallest absolute Gasteiger partial charge is 0.459 e. The molecule has 16 nitrogen and oxygen atoms in total. The van der Waals surface area contributed by atoms with Gasteiger partial charge in [0.15, 0.2) is 29.4 Å². The predicted octanol–water partition coefficient (Wildman–Crippen LogP) is 3.62. The first kappa shape index (κ1) is 32.2. The second kappa shape index (κ2) is 12.1. The lowest BCUT2D eigenvalue weighted by molar-refractivity contribution is -0.149. The molecule has 19 heteroatoms. The third kappa shape index (κ3) is 5.59. The van der Waals surface area contributed by atoms with Crippen molar-refractivity contribution in [3.8, 4) is 11.6 Å². The number of imidazole rings is 1. The molecule has 46 heavy (non-hydrogen) atoms. The summed E-state index contributed by atoms with van der Waals surface area (Å²) in [6, 6.07) is 7.26. The van der Waals surface area contributed by atoms with Gasteiger partial charge < -0.3 is 18.7 Å². The number of aromatic amines is 1. The first-order valence-corrected chi connectivity index (χ1v) is 16.3. The van der Waals surface area contributed by atoms with Crippen LogP contribution in [0.4, 0.5) is 4.39 Å². The van der Waals surface area contributed by atoms with Crippen LogP contribution in [0.2, 0.25) is 5.28 Å². The molecule has 1 aliphatic heterocycles. The molecule has 1 saturated heterocycles. The van der Waals surface area contributed by atoms with Crippen LogP contribution in [0.15, 0.2) is 36.7 Å². The van der Waals surface area contributed by atoms with Crippen LogP contribution in [0.25, 0.3) is 11.2 Å². The molecule has 3 aromatic heterocycles. The Balaban J connectivity index is 1.29. The van der Waals surface area contributed by atoms with E-state index in [0.29, 0.717) is 0 Å². The van der Waals surface area contributed by atoms with E-state index in [-0.39, 0.29) is 46.9 Å². The molecule has 0 radical (unpaired) electrons. The number of esters is 1.